The summed E-state index contributed by atoms with van der Waals surface area (Å²) in [6.45, 7) is 1.85. The lowest BCUT2D eigenvalue weighted by molar-refractivity contribution is 0.155. The van der Waals surface area contributed by atoms with Crippen molar-refractivity contribution in [2.75, 3.05) is 32.1 Å². The lowest BCUT2D eigenvalue weighted by atomic mass is 9.93. The second kappa shape index (κ2) is 7.44. The summed E-state index contributed by atoms with van der Waals surface area (Å²) in [5.41, 5.74) is 1.75. The Morgan fingerprint density at radius 2 is 2.25 bits per heavy atom. The lowest BCUT2D eigenvalue weighted by Gasteiger charge is -2.33. The number of hydrogen-bond donors (Lipinski definition) is 0. The van der Waals surface area contributed by atoms with Gasteiger partial charge in [0.1, 0.15) is 6.61 Å². The predicted octanol–water partition coefficient (Wildman–Crippen LogP) is 2.65. The van der Waals surface area contributed by atoms with E-state index in [4.69, 9.17) is 9.26 Å². The van der Waals surface area contributed by atoms with Gasteiger partial charge in [-0.2, -0.15) is 0 Å². The number of aromatic nitrogens is 2. The number of rotatable bonds is 4. The number of methoxy groups -OCH3 is 1. The van der Waals surface area contributed by atoms with Gasteiger partial charge < -0.3 is 14.2 Å². The smallest absolute Gasteiger partial charge is 0.324 e. The molecular formula is C17H22N4O3. The van der Waals surface area contributed by atoms with Gasteiger partial charge in [0.2, 0.25) is 0 Å². The number of urea groups is 1. The summed E-state index contributed by atoms with van der Waals surface area (Å²) in [4.78, 5) is 20.2. The normalized spacial score (nSPS) is 15.5. The lowest BCUT2D eigenvalue weighted by Crippen LogP contribution is -2.45. The quantitative estimate of drug-likeness (QED) is 0.862. The fourth-order valence-corrected chi connectivity index (χ4v) is 2.97. The molecule has 1 saturated heterocycles. The number of piperidine rings is 1. The molecule has 0 aromatic carbocycles. The average molecular weight is 330 g/mol. The van der Waals surface area contributed by atoms with Gasteiger partial charge >= 0.3 is 6.03 Å². The van der Waals surface area contributed by atoms with Gasteiger partial charge in [-0.1, -0.05) is 5.16 Å². The van der Waals surface area contributed by atoms with Gasteiger partial charge in [-0.25, -0.2) is 4.79 Å². The monoisotopic (exact) mass is 330 g/mol. The number of carbonyl (C=O) groups excluding carboxylic acids is 1. The highest BCUT2D eigenvalue weighted by Gasteiger charge is 2.27. The Morgan fingerprint density at radius 3 is 2.92 bits per heavy atom. The first-order valence-corrected chi connectivity index (χ1v) is 8.06. The minimum absolute atomic E-state index is 0.00155. The molecule has 2 aromatic heterocycles. The molecule has 0 N–H and O–H groups in total. The van der Waals surface area contributed by atoms with Crippen LogP contribution in [0.15, 0.2) is 35.1 Å². The molecule has 1 fully saturated rings. The maximum atomic E-state index is 12.6. The summed E-state index contributed by atoms with van der Waals surface area (Å²) < 4.78 is 10.3. The number of amides is 2. The summed E-state index contributed by atoms with van der Waals surface area (Å²) in [5.74, 6) is 1.06. The number of anilines is 1. The Hall–Kier alpha value is -2.41. The summed E-state index contributed by atoms with van der Waals surface area (Å²) in [5, 5.41) is 4.13. The van der Waals surface area contributed by atoms with Crippen molar-refractivity contribution in [1.82, 2.24) is 15.0 Å². The van der Waals surface area contributed by atoms with Crippen LogP contribution in [0.4, 0.5) is 10.5 Å². The third kappa shape index (κ3) is 3.56. The molecule has 2 aromatic rings. The number of ether oxygens (including phenoxy) is 1. The van der Waals surface area contributed by atoms with E-state index >= 15 is 0 Å². The van der Waals surface area contributed by atoms with E-state index in [1.807, 2.05) is 23.1 Å². The van der Waals surface area contributed by atoms with Crippen molar-refractivity contribution in [1.29, 1.82) is 0 Å². The van der Waals surface area contributed by atoms with Crippen LogP contribution in [0.3, 0.4) is 0 Å². The molecule has 0 bridgehead atoms. The fraction of sp³-hybridized carbons (Fsp3) is 0.471. The van der Waals surface area contributed by atoms with Crippen LogP contribution in [-0.2, 0) is 11.3 Å². The number of hydrogen-bond acceptors (Lipinski definition) is 5. The molecule has 0 unspecified atom stereocenters. The summed E-state index contributed by atoms with van der Waals surface area (Å²) in [6.07, 6.45) is 5.15. The molecule has 0 radical (unpaired) electrons. The number of nitrogens with zero attached hydrogens (tertiary/aromatic N) is 4. The van der Waals surface area contributed by atoms with E-state index < -0.39 is 0 Å². The molecule has 0 saturated carbocycles. The molecule has 0 spiro atoms. The van der Waals surface area contributed by atoms with Crippen LogP contribution in [0.1, 0.15) is 30.2 Å². The summed E-state index contributed by atoms with van der Waals surface area (Å²) >= 11 is 0. The van der Waals surface area contributed by atoms with E-state index in [9.17, 15) is 4.79 Å². The van der Waals surface area contributed by atoms with Crippen molar-refractivity contribution < 1.29 is 14.1 Å². The van der Waals surface area contributed by atoms with Gasteiger partial charge in [0.05, 0.1) is 17.6 Å². The Kier molecular flexibility index (Phi) is 5.10. The molecule has 7 heteroatoms. The standard InChI is InChI=1S/C17H22N4O3/c1-20(14-4-3-7-18-11-14)17(22)21-8-5-13(6-9-21)16-10-15(12-23-2)24-19-16/h3-4,7,10-11,13H,5-6,8-9,12H2,1-2H3. The van der Waals surface area contributed by atoms with Crippen molar-refractivity contribution in [2.24, 2.45) is 0 Å². The van der Waals surface area contributed by atoms with E-state index in [0.29, 0.717) is 25.6 Å². The highest BCUT2D eigenvalue weighted by atomic mass is 16.5. The zero-order chi connectivity index (χ0) is 16.9. The Bertz CT molecular complexity index is 665. The topological polar surface area (TPSA) is 71.7 Å². The average Bonchev–Trinajstić information content (AvgIpc) is 3.10. The zero-order valence-corrected chi connectivity index (χ0v) is 14.0. The van der Waals surface area contributed by atoms with E-state index in [1.54, 1.807) is 31.5 Å². The van der Waals surface area contributed by atoms with Gasteiger partial charge in [0, 0.05) is 45.4 Å². The Morgan fingerprint density at radius 1 is 1.46 bits per heavy atom. The highest BCUT2D eigenvalue weighted by molar-refractivity contribution is 5.91. The summed E-state index contributed by atoms with van der Waals surface area (Å²) in [7, 11) is 3.41. The highest BCUT2D eigenvalue weighted by Crippen LogP contribution is 2.28. The molecule has 3 rings (SSSR count). The molecule has 0 aliphatic carbocycles. The maximum Gasteiger partial charge on any atom is 0.324 e. The molecule has 0 atom stereocenters. The molecule has 3 heterocycles. The van der Waals surface area contributed by atoms with Crippen molar-refractivity contribution in [3.8, 4) is 0 Å². The van der Waals surface area contributed by atoms with Crippen LogP contribution in [0.2, 0.25) is 0 Å². The van der Waals surface area contributed by atoms with Gasteiger partial charge in [-0.3, -0.25) is 9.88 Å². The first-order chi connectivity index (χ1) is 11.7. The van der Waals surface area contributed by atoms with E-state index in [0.717, 1.165) is 30.0 Å². The number of likely N-dealkylation sites (tertiary alicyclic amines) is 1. The molecule has 128 valence electrons. The minimum atomic E-state index is 0.00155. The molecule has 24 heavy (non-hydrogen) atoms. The van der Waals surface area contributed by atoms with Crippen molar-refractivity contribution >= 4 is 11.7 Å². The van der Waals surface area contributed by atoms with Crippen LogP contribution in [0, 0.1) is 0 Å². The molecule has 1 aliphatic heterocycles. The SMILES string of the molecule is COCc1cc(C2CCN(C(=O)N(C)c3cccnc3)CC2)no1. The minimum Gasteiger partial charge on any atom is -0.377 e. The van der Waals surface area contributed by atoms with Crippen LogP contribution < -0.4 is 4.90 Å². The Balaban J connectivity index is 1.57. The first-order valence-electron chi connectivity index (χ1n) is 8.06. The van der Waals surface area contributed by atoms with Crippen LogP contribution in [0.5, 0.6) is 0 Å². The molecule has 2 amide bonds. The maximum absolute atomic E-state index is 12.6. The molecular weight excluding hydrogens is 308 g/mol. The molecule has 1 aliphatic rings. The second-order valence-electron chi connectivity index (χ2n) is 5.97. The van der Waals surface area contributed by atoms with Gasteiger partial charge in [0.25, 0.3) is 0 Å². The predicted molar refractivity (Wildman–Crippen MR) is 88.8 cm³/mol. The van der Waals surface area contributed by atoms with Crippen molar-refractivity contribution in [3.63, 3.8) is 0 Å². The summed E-state index contributed by atoms with van der Waals surface area (Å²) in [6, 6.07) is 5.66. The first kappa shape index (κ1) is 16.4. The van der Waals surface area contributed by atoms with Gasteiger partial charge in [0.15, 0.2) is 5.76 Å². The van der Waals surface area contributed by atoms with Gasteiger partial charge in [-0.05, 0) is 25.0 Å². The molecule has 7 nitrogen and oxygen atoms in total. The van der Waals surface area contributed by atoms with Gasteiger partial charge in [-0.15, -0.1) is 0 Å². The Labute approximate surface area is 141 Å². The largest absolute Gasteiger partial charge is 0.377 e. The van der Waals surface area contributed by atoms with Crippen LogP contribution >= 0.6 is 0 Å². The van der Waals surface area contributed by atoms with Crippen molar-refractivity contribution in [3.05, 3.63) is 42.0 Å². The van der Waals surface area contributed by atoms with E-state index in [1.165, 1.54) is 0 Å². The third-order valence-electron chi connectivity index (χ3n) is 4.37. The number of carbonyl (C=O) groups is 1. The number of pyridine rings is 1. The van der Waals surface area contributed by atoms with E-state index in [-0.39, 0.29) is 6.03 Å². The van der Waals surface area contributed by atoms with Crippen molar-refractivity contribution in [2.45, 2.75) is 25.4 Å². The zero-order valence-electron chi connectivity index (χ0n) is 14.0. The van der Waals surface area contributed by atoms with Crippen LogP contribution in [0.25, 0.3) is 0 Å². The fourth-order valence-electron chi connectivity index (χ4n) is 2.97. The third-order valence-corrected chi connectivity index (χ3v) is 4.37. The van der Waals surface area contributed by atoms with Crippen LogP contribution in [-0.4, -0.2) is 48.3 Å². The van der Waals surface area contributed by atoms with E-state index in [2.05, 4.69) is 10.1 Å². The second-order valence-corrected chi connectivity index (χ2v) is 5.97.